The van der Waals surface area contributed by atoms with Gasteiger partial charge in [-0.15, -0.1) is 0 Å². The lowest BCUT2D eigenvalue weighted by molar-refractivity contribution is 0.178. The first-order chi connectivity index (χ1) is 8.09. The van der Waals surface area contributed by atoms with Crippen molar-refractivity contribution >= 4 is 0 Å². The van der Waals surface area contributed by atoms with Crippen molar-refractivity contribution < 1.29 is 0 Å². The molecule has 0 saturated heterocycles. The Hall–Kier alpha value is -0.860. The maximum Gasteiger partial charge on any atom is 0.0230 e. The van der Waals surface area contributed by atoms with E-state index in [-0.39, 0.29) is 0 Å². The van der Waals surface area contributed by atoms with Gasteiger partial charge in [0.1, 0.15) is 0 Å². The van der Waals surface area contributed by atoms with E-state index in [1.807, 2.05) is 7.05 Å². The summed E-state index contributed by atoms with van der Waals surface area (Å²) in [7, 11) is 4.24. The maximum absolute atomic E-state index is 3.30. The molecule has 0 amide bonds. The molecule has 1 aromatic carbocycles. The maximum atomic E-state index is 3.30. The summed E-state index contributed by atoms with van der Waals surface area (Å²) >= 11 is 0. The third-order valence-electron chi connectivity index (χ3n) is 3.40. The van der Waals surface area contributed by atoms with Gasteiger partial charge < -0.3 is 10.2 Å². The SMILES string of the molecule is CCC(C)(CNC)CN(C)Cc1ccccc1. The fraction of sp³-hybridized carbons (Fsp3) is 0.600. The summed E-state index contributed by atoms with van der Waals surface area (Å²) < 4.78 is 0. The zero-order valence-corrected chi connectivity index (χ0v) is 11.7. The molecule has 1 unspecified atom stereocenters. The third kappa shape index (κ3) is 4.88. The molecule has 1 rings (SSSR count). The fourth-order valence-corrected chi connectivity index (χ4v) is 2.32. The van der Waals surface area contributed by atoms with E-state index in [1.165, 1.54) is 12.0 Å². The molecule has 0 heterocycles. The molecular weight excluding hydrogens is 208 g/mol. The number of benzene rings is 1. The molecule has 0 fully saturated rings. The molecule has 1 N–H and O–H groups in total. The van der Waals surface area contributed by atoms with Crippen molar-refractivity contribution in [2.45, 2.75) is 26.8 Å². The topological polar surface area (TPSA) is 15.3 Å². The monoisotopic (exact) mass is 234 g/mol. The predicted molar refractivity (Wildman–Crippen MR) is 75.1 cm³/mol. The van der Waals surface area contributed by atoms with E-state index in [0.717, 1.165) is 19.6 Å². The lowest BCUT2D eigenvalue weighted by Gasteiger charge is -2.33. The third-order valence-corrected chi connectivity index (χ3v) is 3.40. The quantitative estimate of drug-likeness (QED) is 0.780. The summed E-state index contributed by atoms with van der Waals surface area (Å²) in [6, 6.07) is 10.7. The molecule has 0 spiro atoms. The zero-order chi connectivity index (χ0) is 12.7. The normalized spacial score (nSPS) is 14.9. The van der Waals surface area contributed by atoms with Crippen molar-refractivity contribution in [2.75, 3.05) is 27.2 Å². The van der Waals surface area contributed by atoms with Crippen LogP contribution in [-0.2, 0) is 6.54 Å². The van der Waals surface area contributed by atoms with Crippen molar-refractivity contribution in [2.24, 2.45) is 5.41 Å². The van der Waals surface area contributed by atoms with Gasteiger partial charge in [-0.2, -0.15) is 0 Å². The van der Waals surface area contributed by atoms with Crippen LogP contribution in [0.5, 0.6) is 0 Å². The molecule has 0 aliphatic heterocycles. The van der Waals surface area contributed by atoms with Crippen molar-refractivity contribution in [3.05, 3.63) is 35.9 Å². The minimum absolute atomic E-state index is 0.359. The highest BCUT2D eigenvalue weighted by Gasteiger charge is 2.22. The van der Waals surface area contributed by atoms with Gasteiger partial charge in [0.15, 0.2) is 0 Å². The van der Waals surface area contributed by atoms with Crippen molar-refractivity contribution in [1.82, 2.24) is 10.2 Å². The van der Waals surface area contributed by atoms with Crippen LogP contribution in [0.1, 0.15) is 25.8 Å². The summed E-state index contributed by atoms with van der Waals surface area (Å²) in [5.74, 6) is 0. The molecule has 2 heteroatoms. The van der Waals surface area contributed by atoms with Crippen LogP contribution in [0.4, 0.5) is 0 Å². The Morgan fingerprint density at radius 2 is 1.88 bits per heavy atom. The van der Waals surface area contributed by atoms with E-state index < -0.39 is 0 Å². The number of rotatable bonds is 7. The Balaban J connectivity index is 2.51. The highest BCUT2D eigenvalue weighted by Crippen LogP contribution is 2.21. The summed E-state index contributed by atoms with van der Waals surface area (Å²) in [5.41, 5.74) is 1.75. The number of hydrogen-bond donors (Lipinski definition) is 1. The Morgan fingerprint density at radius 1 is 1.24 bits per heavy atom. The second-order valence-corrected chi connectivity index (χ2v) is 5.35. The van der Waals surface area contributed by atoms with Crippen molar-refractivity contribution in [1.29, 1.82) is 0 Å². The van der Waals surface area contributed by atoms with Gasteiger partial charge in [0.25, 0.3) is 0 Å². The average molecular weight is 234 g/mol. The molecule has 0 aliphatic carbocycles. The molecule has 0 bridgehead atoms. The molecular formula is C15H26N2. The highest BCUT2D eigenvalue weighted by atomic mass is 15.1. The number of hydrogen-bond acceptors (Lipinski definition) is 2. The zero-order valence-electron chi connectivity index (χ0n) is 11.7. The molecule has 0 aliphatic rings. The fourth-order valence-electron chi connectivity index (χ4n) is 2.32. The van der Waals surface area contributed by atoms with E-state index in [0.29, 0.717) is 5.41 Å². The smallest absolute Gasteiger partial charge is 0.0230 e. The van der Waals surface area contributed by atoms with Gasteiger partial charge in [0, 0.05) is 19.6 Å². The van der Waals surface area contributed by atoms with Crippen LogP contribution < -0.4 is 5.32 Å². The van der Waals surface area contributed by atoms with Gasteiger partial charge in [0.05, 0.1) is 0 Å². The largest absolute Gasteiger partial charge is 0.319 e. The van der Waals surface area contributed by atoms with Crippen LogP contribution in [0.3, 0.4) is 0 Å². The van der Waals surface area contributed by atoms with Crippen LogP contribution >= 0.6 is 0 Å². The van der Waals surface area contributed by atoms with Crippen LogP contribution in [0.25, 0.3) is 0 Å². The van der Waals surface area contributed by atoms with E-state index >= 15 is 0 Å². The summed E-state index contributed by atoms with van der Waals surface area (Å²) in [6.07, 6.45) is 1.20. The summed E-state index contributed by atoms with van der Waals surface area (Å²) in [5, 5.41) is 3.30. The number of nitrogens with zero attached hydrogens (tertiary/aromatic N) is 1. The second kappa shape index (κ2) is 6.77. The van der Waals surface area contributed by atoms with Crippen LogP contribution in [0, 0.1) is 5.41 Å². The van der Waals surface area contributed by atoms with Gasteiger partial charge in [-0.3, -0.25) is 0 Å². The minimum Gasteiger partial charge on any atom is -0.319 e. The first-order valence-corrected chi connectivity index (χ1v) is 6.47. The van der Waals surface area contributed by atoms with Crippen LogP contribution in [-0.4, -0.2) is 32.1 Å². The standard InChI is InChI=1S/C15H26N2/c1-5-15(2,12-16-3)13-17(4)11-14-9-7-6-8-10-14/h6-10,16H,5,11-13H2,1-4H3. The summed E-state index contributed by atoms with van der Waals surface area (Å²) in [6.45, 7) is 7.85. The van der Waals surface area contributed by atoms with Gasteiger partial charge in [0.2, 0.25) is 0 Å². The lowest BCUT2D eigenvalue weighted by atomic mass is 9.87. The molecule has 96 valence electrons. The molecule has 2 nitrogen and oxygen atoms in total. The van der Waals surface area contributed by atoms with Gasteiger partial charge in [-0.05, 0) is 31.5 Å². The first-order valence-electron chi connectivity index (χ1n) is 6.47. The number of nitrogens with one attached hydrogen (secondary N) is 1. The Labute approximate surface area is 106 Å². The van der Waals surface area contributed by atoms with Gasteiger partial charge in [-0.25, -0.2) is 0 Å². The Kier molecular flexibility index (Phi) is 5.66. The van der Waals surface area contributed by atoms with Crippen LogP contribution in [0.15, 0.2) is 30.3 Å². The molecule has 0 aromatic heterocycles. The van der Waals surface area contributed by atoms with Crippen molar-refractivity contribution in [3.8, 4) is 0 Å². The minimum atomic E-state index is 0.359. The second-order valence-electron chi connectivity index (χ2n) is 5.35. The Morgan fingerprint density at radius 3 is 2.41 bits per heavy atom. The molecule has 0 radical (unpaired) electrons. The van der Waals surface area contributed by atoms with E-state index in [1.54, 1.807) is 0 Å². The lowest BCUT2D eigenvalue weighted by Crippen LogP contribution is -2.39. The molecule has 0 saturated carbocycles. The van der Waals surface area contributed by atoms with E-state index in [2.05, 4.69) is 61.4 Å². The van der Waals surface area contributed by atoms with Crippen molar-refractivity contribution in [3.63, 3.8) is 0 Å². The summed E-state index contributed by atoms with van der Waals surface area (Å²) in [4.78, 5) is 2.41. The Bertz CT molecular complexity index is 310. The van der Waals surface area contributed by atoms with Crippen LogP contribution in [0.2, 0.25) is 0 Å². The average Bonchev–Trinajstić information content (AvgIpc) is 2.30. The molecule has 1 aromatic rings. The predicted octanol–water partition coefficient (Wildman–Crippen LogP) is 2.75. The van der Waals surface area contributed by atoms with E-state index in [4.69, 9.17) is 0 Å². The van der Waals surface area contributed by atoms with Gasteiger partial charge in [-0.1, -0.05) is 44.2 Å². The van der Waals surface area contributed by atoms with E-state index in [9.17, 15) is 0 Å². The molecule has 1 atom stereocenters. The first kappa shape index (κ1) is 14.2. The van der Waals surface area contributed by atoms with Gasteiger partial charge >= 0.3 is 0 Å². The highest BCUT2D eigenvalue weighted by molar-refractivity contribution is 5.14. The molecule has 17 heavy (non-hydrogen) atoms.